The van der Waals surface area contributed by atoms with Crippen LogP contribution >= 0.6 is 0 Å². The summed E-state index contributed by atoms with van der Waals surface area (Å²) in [6.07, 6.45) is 3.96. The Labute approximate surface area is 162 Å². The molecule has 2 aliphatic rings. The Morgan fingerprint density at radius 1 is 1.14 bits per heavy atom. The molecule has 1 atom stereocenters. The molecule has 1 unspecified atom stereocenters. The van der Waals surface area contributed by atoms with Gasteiger partial charge in [0.2, 0.25) is 6.79 Å². The number of methoxy groups -OCH3 is 1. The minimum Gasteiger partial charge on any atom is -0.496 e. The average molecular weight is 379 g/mol. The van der Waals surface area contributed by atoms with Crippen LogP contribution in [0.25, 0.3) is 22.0 Å². The monoisotopic (exact) mass is 379 g/mol. The van der Waals surface area contributed by atoms with Crippen molar-refractivity contribution in [2.24, 2.45) is 0 Å². The van der Waals surface area contributed by atoms with Crippen molar-refractivity contribution in [3.8, 4) is 28.4 Å². The highest BCUT2D eigenvalue weighted by atomic mass is 16.7. The third-order valence-corrected chi connectivity index (χ3v) is 5.17. The van der Waals surface area contributed by atoms with E-state index in [1.807, 2.05) is 30.3 Å². The van der Waals surface area contributed by atoms with E-state index in [9.17, 15) is 0 Å². The maximum absolute atomic E-state index is 5.74. The molecule has 0 amide bonds. The summed E-state index contributed by atoms with van der Waals surface area (Å²) in [6, 6.07) is 9.76. The highest BCUT2D eigenvalue weighted by Crippen LogP contribution is 2.43. The van der Waals surface area contributed by atoms with Gasteiger partial charge in [0.05, 0.1) is 24.1 Å². The molecule has 1 N–H and O–H groups in total. The van der Waals surface area contributed by atoms with Gasteiger partial charge in [-0.05, 0) is 42.7 Å². The average Bonchev–Trinajstić information content (AvgIpc) is 3.42. The second-order valence-electron chi connectivity index (χ2n) is 6.84. The number of fused-ring (bicyclic) bond motifs is 2. The molecular weight excluding hydrogens is 358 g/mol. The summed E-state index contributed by atoms with van der Waals surface area (Å²) in [5.41, 5.74) is 2.73. The smallest absolute Gasteiger partial charge is 0.231 e. The number of anilines is 1. The Morgan fingerprint density at radius 3 is 2.93 bits per heavy atom. The number of hydrogen-bond acceptors (Lipinski definition) is 7. The topological polar surface area (TPSA) is 74.7 Å². The van der Waals surface area contributed by atoms with Crippen molar-refractivity contribution in [1.82, 2.24) is 9.97 Å². The number of hydrogen-bond donors (Lipinski definition) is 1. The van der Waals surface area contributed by atoms with E-state index >= 15 is 0 Å². The van der Waals surface area contributed by atoms with Gasteiger partial charge < -0.3 is 24.3 Å². The molecule has 5 rings (SSSR count). The van der Waals surface area contributed by atoms with Crippen LogP contribution in [-0.2, 0) is 4.74 Å². The fraction of sp³-hybridized carbons (Fsp3) is 0.333. The molecule has 144 valence electrons. The van der Waals surface area contributed by atoms with E-state index in [1.54, 1.807) is 13.4 Å². The van der Waals surface area contributed by atoms with Crippen LogP contribution in [0.1, 0.15) is 12.8 Å². The van der Waals surface area contributed by atoms with E-state index in [1.165, 1.54) is 0 Å². The lowest BCUT2D eigenvalue weighted by Crippen LogP contribution is -2.19. The second kappa shape index (κ2) is 7.16. The predicted octanol–water partition coefficient (Wildman–Crippen LogP) is 3.63. The molecule has 0 aliphatic carbocycles. The van der Waals surface area contributed by atoms with Gasteiger partial charge in [-0.15, -0.1) is 0 Å². The molecule has 1 saturated heterocycles. The highest BCUT2D eigenvalue weighted by Gasteiger charge is 2.21. The standard InChI is InChI=1S/C21H21N3O4/c1-25-17-7-5-15-20(19(17)13-4-6-16-18(9-13)28-12-27-16)21(24-11-23-15)22-10-14-3-2-8-26-14/h4-7,9,11,14H,2-3,8,10,12H2,1H3,(H,22,23,24). The van der Waals surface area contributed by atoms with Crippen molar-refractivity contribution in [2.45, 2.75) is 18.9 Å². The molecule has 0 saturated carbocycles. The van der Waals surface area contributed by atoms with E-state index < -0.39 is 0 Å². The van der Waals surface area contributed by atoms with Crippen LogP contribution in [-0.4, -0.2) is 43.1 Å². The summed E-state index contributed by atoms with van der Waals surface area (Å²) >= 11 is 0. The molecule has 28 heavy (non-hydrogen) atoms. The first-order valence-electron chi connectivity index (χ1n) is 9.40. The third-order valence-electron chi connectivity index (χ3n) is 5.17. The summed E-state index contributed by atoms with van der Waals surface area (Å²) < 4.78 is 22.4. The molecule has 1 fully saturated rings. The molecule has 0 radical (unpaired) electrons. The Bertz CT molecular complexity index is 1020. The van der Waals surface area contributed by atoms with Crippen molar-refractivity contribution in [3.05, 3.63) is 36.7 Å². The zero-order valence-electron chi connectivity index (χ0n) is 15.6. The Morgan fingerprint density at radius 2 is 2.07 bits per heavy atom. The van der Waals surface area contributed by atoms with Crippen molar-refractivity contribution < 1.29 is 18.9 Å². The van der Waals surface area contributed by atoms with Crippen LogP contribution in [0, 0.1) is 0 Å². The summed E-state index contributed by atoms with van der Waals surface area (Å²) in [7, 11) is 1.67. The van der Waals surface area contributed by atoms with Crippen LogP contribution in [0.15, 0.2) is 36.7 Å². The lowest BCUT2D eigenvalue weighted by atomic mass is 9.99. The number of ether oxygens (including phenoxy) is 4. The van der Waals surface area contributed by atoms with Crippen LogP contribution in [0.5, 0.6) is 17.2 Å². The van der Waals surface area contributed by atoms with E-state index in [0.29, 0.717) is 6.54 Å². The van der Waals surface area contributed by atoms with Gasteiger partial charge in [0.1, 0.15) is 17.9 Å². The van der Waals surface area contributed by atoms with E-state index in [4.69, 9.17) is 18.9 Å². The Hall–Kier alpha value is -3.06. The lowest BCUT2D eigenvalue weighted by molar-refractivity contribution is 0.120. The number of nitrogens with one attached hydrogen (secondary N) is 1. The molecule has 7 nitrogen and oxygen atoms in total. The molecule has 1 aromatic heterocycles. The lowest BCUT2D eigenvalue weighted by Gasteiger charge is -2.17. The van der Waals surface area contributed by atoms with Crippen LogP contribution in [0.2, 0.25) is 0 Å². The van der Waals surface area contributed by atoms with Crippen LogP contribution < -0.4 is 19.5 Å². The third kappa shape index (κ3) is 2.97. The van der Waals surface area contributed by atoms with Crippen molar-refractivity contribution in [2.75, 3.05) is 32.4 Å². The first kappa shape index (κ1) is 17.1. The first-order chi connectivity index (χ1) is 13.8. The van der Waals surface area contributed by atoms with E-state index in [0.717, 1.165) is 64.5 Å². The molecular formula is C21H21N3O4. The maximum Gasteiger partial charge on any atom is 0.231 e. The molecule has 3 aromatic rings. The molecule has 2 aliphatic heterocycles. The Balaban J connectivity index is 1.63. The predicted molar refractivity (Wildman–Crippen MR) is 105 cm³/mol. The van der Waals surface area contributed by atoms with Gasteiger partial charge in [0, 0.05) is 18.7 Å². The minimum absolute atomic E-state index is 0.213. The summed E-state index contributed by atoms with van der Waals surface area (Å²) in [4.78, 5) is 8.97. The van der Waals surface area contributed by atoms with Gasteiger partial charge in [-0.2, -0.15) is 0 Å². The fourth-order valence-electron chi connectivity index (χ4n) is 3.79. The summed E-state index contributed by atoms with van der Waals surface area (Å²) in [5.74, 6) is 2.99. The highest BCUT2D eigenvalue weighted by molar-refractivity contribution is 6.04. The molecule has 0 spiro atoms. The minimum atomic E-state index is 0.213. The van der Waals surface area contributed by atoms with Gasteiger partial charge in [0.25, 0.3) is 0 Å². The van der Waals surface area contributed by atoms with Crippen LogP contribution in [0.4, 0.5) is 5.82 Å². The van der Waals surface area contributed by atoms with Crippen molar-refractivity contribution in [1.29, 1.82) is 0 Å². The molecule has 7 heteroatoms. The van der Waals surface area contributed by atoms with Gasteiger partial charge in [0.15, 0.2) is 11.5 Å². The van der Waals surface area contributed by atoms with Gasteiger partial charge in [-0.3, -0.25) is 0 Å². The quantitative estimate of drug-likeness (QED) is 0.726. The van der Waals surface area contributed by atoms with Gasteiger partial charge >= 0.3 is 0 Å². The zero-order valence-corrected chi connectivity index (χ0v) is 15.6. The number of nitrogens with zero attached hydrogens (tertiary/aromatic N) is 2. The summed E-state index contributed by atoms with van der Waals surface area (Å²) in [5, 5.41) is 4.37. The number of benzene rings is 2. The SMILES string of the molecule is COc1ccc2ncnc(NCC3CCCO3)c2c1-c1ccc2c(c1)OCO2. The first-order valence-corrected chi connectivity index (χ1v) is 9.40. The van der Waals surface area contributed by atoms with Gasteiger partial charge in [-0.25, -0.2) is 9.97 Å². The zero-order chi connectivity index (χ0) is 18.9. The van der Waals surface area contributed by atoms with E-state index in [2.05, 4.69) is 15.3 Å². The van der Waals surface area contributed by atoms with Crippen molar-refractivity contribution in [3.63, 3.8) is 0 Å². The molecule has 0 bridgehead atoms. The molecule has 2 aromatic carbocycles. The second-order valence-corrected chi connectivity index (χ2v) is 6.84. The number of aromatic nitrogens is 2. The largest absolute Gasteiger partial charge is 0.496 e. The van der Waals surface area contributed by atoms with Gasteiger partial charge in [-0.1, -0.05) is 6.07 Å². The van der Waals surface area contributed by atoms with Crippen LogP contribution in [0.3, 0.4) is 0 Å². The normalized spacial score (nSPS) is 17.8. The van der Waals surface area contributed by atoms with Crippen molar-refractivity contribution >= 4 is 16.7 Å². The number of rotatable bonds is 5. The fourth-order valence-corrected chi connectivity index (χ4v) is 3.79. The summed E-state index contributed by atoms with van der Waals surface area (Å²) in [6.45, 7) is 1.78. The maximum atomic E-state index is 5.74. The van der Waals surface area contributed by atoms with E-state index in [-0.39, 0.29) is 12.9 Å². The Kier molecular flexibility index (Phi) is 4.37. The molecule has 3 heterocycles.